The number of hydrogen-bond donors (Lipinski definition) is 2. The first-order valence-corrected chi connectivity index (χ1v) is 10.8. The van der Waals surface area contributed by atoms with E-state index in [0.717, 1.165) is 35.2 Å². The minimum absolute atomic E-state index is 0.00314. The molecule has 0 saturated carbocycles. The summed E-state index contributed by atoms with van der Waals surface area (Å²) < 4.78 is 5.75. The summed E-state index contributed by atoms with van der Waals surface area (Å²) in [5.41, 5.74) is 2.44. The van der Waals surface area contributed by atoms with Gasteiger partial charge in [-0.2, -0.15) is 0 Å². The van der Waals surface area contributed by atoms with Crippen molar-refractivity contribution in [1.82, 2.24) is 15.3 Å². The Hall–Kier alpha value is -2.18. The van der Waals surface area contributed by atoms with Crippen LogP contribution in [0.3, 0.4) is 0 Å². The Morgan fingerprint density at radius 3 is 2.93 bits per heavy atom. The molecule has 28 heavy (non-hydrogen) atoms. The second-order valence-corrected chi connectivity index (χ2v) is 8.90. The molecule has 2 atom stereocenters. The number of nitrogens with zero attached hydrogens (tertiary/aromatic N) is 1. The number of thiophene rings is 1. The molecule has 0 unspecified atom stereocenters. The number of aromatic nitrogens is 2. The van der Waals surface area contributed by atoms with Gasteiger partial charge >= 0.3 is 0 Å². The van der Waals surface area contributed by atoms with Crippen molar-refractivity contribution in [2.24, 2.45) is 5.92 Å². The average Bonchev–Trinajstić information content (AvgIpc) is 3.04. The zero-order chi connectivity index (χ0) is 19.7. The minimum atomic E-state index is -0.0447. The molecule has 6 heteroatoms. The third-order valence-corrected chi connectivity index (χ3v) is 6.58. The maximum atomic E-state index is 12.7. The standard InChI is InChI=1S/C22H27N3O2S/c1-13-4-7-16(8-5-13)27-11-10-23-15(3)20-24-21(26)19-17-9-6-14(2)12-18(17)28-22(19)25-20/h4-5,7-8,14-15,23H,6,9-12H2,1-3H3,(H,24,25,26)/t14-,15-/m1/s1. The molecule has 0 aliphatic heterocycles. The SMILES string of the molecule is Cc1ccc(OCCN[C@H](C)c2nc3sc4c(c3c(=O)[nH]2)CC[C@@H](C)C4)cc1. The van der Waals surface area contributed by atoms with Crippen molar-refractivity contribution in [2.75, 3.05) is 13.2 Å². The first kappa shape index (κ1) is 19.2. The van der Waals surface area contributed by atoms with Crippen molar-refractivity contribution in [3.05, 3.63) is 56.4 Å². The number of hydrogen-bond acceptors (Lipinski definition) is 5. The van der Waals surface area contributed by atoms with Crippen LogP contribution in [0.5, 0.6) is 5.75 Å². The number of nitrogens with one attached hydrogen (secondary N) is 2. The van der Waals surface area contributed by atoms with E-state index in [0.29, 0.717) is 24.9 Å². The van der Waals surface area contributed by atoms with E-state index in [-0.39, 0.29) is 11.6 Å². The molecule has 1 aliphatic carbocycles. The highest BCUT2D eigenvalue weighted by Crippen LogP contribution is 2.35. The van der Waals surface area contributed by atoms with Crippen LogP contribution >= 0.6 is 11.3 Å². The summed E-state index contributed by atoms with van der Waals surface area (Å²) in [6, 6.07) is 7.99. The third-order valence-electron chi connectivity index (χ3n) is 5.44. The van der Waals surface area contributed by atoms with Gasteiger partial charge in [-0.15, -0.1) is 11.3 Å². The van der Waals surface area contributed by atoms with Gasteiger partial charge < -0.3 is 15.0 Å². The highest BCUT2D eigenvalue weighted by molar-refractivity contribution is 7.18. The third kappa shape index (κ3) is 3.98. The first-order chi connectivity index (χ1) is 13.5. The van der Waals surface area contributed by atoms with Crippen LogP contribution in [0.4, 0.5) is 0 Å². The summed E-state index contributed by atoms with van der Waals surface area (Å²) in [5, 5.41) is 4.20. The molecule has 148 valence electrons. The van der Waals surface area contributed by atoms with Gasteiger partial charge in [-0.1, -0.05) is 24.6 Å². The molecular formula is C22H27N3O2S. The summed E-state index contributed by atoms with van der Waals surface area (Å²) in [6.45, 7) is 7.59. The van der Waals surface area contributed by atoms with Crippen LogP contribution in [-0.4, -0.2) is 23.1 Å². The Labute approximate surface area is 169 Å². The van der Waals surface area contributed by atoms with Gasteiger partial charge in [0.2, 0.25) is 0 Å². The van der Waals surface area contributed by atoms with E-state index in [2.05, 4.69) is 24.1 Å². The minimum Gasteiger partial charge on any atom is -0.492 e. The second kappa shape index (κ2) is 8.05. The highest BCUT2D eigenvalue weighted by Gasteiger charge is 2.23. The van der Waals surface area contributed by atoms with Crippen LogP contribution in [-0.2, 0) is 12.8 Å². The molecule has 3 aromatic rings. The number of benzene rings is 1. The van der Waals surface area contributed by atoms with Gasteiger partial charge in [-0.05, 0) is 56.7 Å². The Morgan fingerprint density at radius 2 is 2.14 bits per heavy atom. The van der Waals surface area contributed by atoms with E-state index in [4.69, 9.17) is 9.72 Å². The molecule has 4 rings (SSSR count). The molecule has 2 aromatic heterocycles. The molecule has 0 bridgehead atoms. The second-order valence-electron chi connectivity index (χ2n) is 7.82. The van der Waals surface area contributed by atoms with Crippen molar-refractivity contribution >= 4 is 21.6 Å². The zero-order valence-corrected chi connectivity index (χ0v) is 17.5. The Bertz CT molecular complexity index is 1020. The lowest BCUT2D eigenvalue weighted by molar-refractivity contribution is 0.306. The smallest absolute Gasteiger partial charge is 0.259 e. The molecule has 2 heterocycles. The topological polar surface area (TPSA) is 67.0 Å². The molecule has 0 spiro atoms. The number of fused-ring (bicyclic) bond motifs is 3. The fourth-order valence-electron chi connectivity index (χ4n) is 3.75. The predicted molar refractivity (Wildman–Crippen MR) is 115 cm³/mol. The Kier molecular flexibility index (Phi) is 5.51. The van der Waals surface area contributed by atoms with Gasteiger partial charge in [0.1, 0.15) is 23.0 Å². The monoisotopic (exact) mass is 397 g/mol. The lowest BCUT2D eigenvalue weighted by Crippen LogP contribution is -2.27. The van der Waals surface area contributed by atoms with Crippen molar-refractivity contribution < 1.29 is 4.74 Å². The molecule has 0 amide bonds. The molecule has 1 aliphatic rings. The Morgan fingerprint density at radius 1 is 1.36 bits per heavy atom. The van der Waals surface area contributed by atoms with Crippen molar-refractivity contribution in [1.29, 1.82) is 0 Å². The van der Waals surface area contributed by atoms with Crippen molar-refractivity contribution in [2.45, 2.75) is 46.1 Å². The Balaban J connectivity index is 1.42. The molecule has 1 aromatic carbocycles. The molecule has 5 nitrogen and oxygen atoms in total. The van der Waals surface area contributed by atoms with Gasteiger partial charge in [0.25, 0.3) is 5.56 Å². The van der Waals surface area contributed by atoms with E-state index in [1.807, 2.05) is 31.2 Å². The van der Waals surface area contributed by atoms with Gasteiger partial charge in [0.05, 0.1) is 11.4 Å². The summed E-state index contributed by atoms with van der Waals surface area (Å²) in [7, 11) is 0. The fraction of sp³-hybridized carbons (Fsp3) is 0.455. The van der Waals surface area contributed by atoms with Crippen LogP contribution in [0.1, 0.15) is 48.1 Å². The van der Waals surface area contributed by atoms with Gasteiger partial charge in [0.15, 0.2) is 0 Å². The van der Waals surface area contributed by atoms with Crippen LogP contribution in [0.25, 0.3) is 10.2 Å². The number of H-pyrrole nitrogens is 1. The summed E-state index contributed by atoms with van der Waals surface area (Å²) in [6.07, 6.45) is 3.21. The average molecular weight is 398 g/mol. The fourth-order valence-corrected chi connectivity index (χ4v) is 5.14. The molecule has 0 fully saturated rings. The van der Waals surface area contributed by atoms with E-state index in [1.54, 1.807) is 11.3 Å². The molecule has 2 N–H and O–H groups in total. The van der Waals surface area contributed by atoms with E-state index in [1.165, 1.54) is 16.0 Å². The molecular weight excluding hydrogens is 370 g/mol. The van der Waals surface area contributed by atoms with E-state index in [9.17, 15) is 4.79 Å². The molecule has 0 radical (unpaired) electrons. The zero-order valence-electron chi connectivity index (χ0n) is 16.7. The summed E-state index contributed by atoms with van der Waals surface area (Å²) in [4.78, 5) is 22.7. The van der Waals surface area contributed by atoms with Gasteiger partial charge in [-0.3, -0.25) is 4.79 Å². The van der Waals surface area contributed by atoms with Crippen LogP contribution < -0.4 is 15.6 Å². The van der Waals surface area contributed by atoms with Crippen LogP contribution in [0, 0.1) is 12.8 Å². The van der Waals surface area contributed by atoms with Gasteiger partial charge in [0, 0.05) is 11.4 Å². The van der Waals surface area contributed by atoms with Crippen molar-refractivity contribution in [3.63, 3.8) is 0 Å². The number of aryl methyl sites for hydroxylation is 2. The quantitative estimate of drug-likeness (QED) is 0.613. The largest absolute Gasteiger partial charge is 0.492 e. The lowest BCUT2D eigenvalue weighted by Gasteiger charge is -2.17. The number of rotatable bonds is 6. The number of ether oxygens (including phenoxy) is 1. The molecule has 0 saturated heterocycles. The predicted octanol–water partition coefficient (Wildman–Crippen LogP) is 4.15. The summed E-state index contributed by atoms with van der Waals surface area (Å²) >= 11 is 1.69. The van der Waals surface area contributed by atoms with E-state index < -0.39 is 0 Å². The summed E-state index contributed by atoms with van der Waals surface area (Å²) in [5.74, 6) is 2.25. The van der Waals surface area contributed by atoms with Crippen LogP contribution in [0.15, 0.2) is 29.1 Å². The maximum Gasteiger partial charge on any atom is 0.259 e. The van der Waals surface area contributed by atoms with E-state index >= 15 is 0 Å². The maximum absolute atomic E-state index is 12.7. The van der Waals surface area contributed by atoms with Crippen molar-refractivity contribution in [3.8, 4) is 5.75 Å². The normalized spacial score (nSPS) is 17.5. The van der Waals surface area contributed by atoms with Gasteiger partial charge in [-0.25, -0.2) is 4.98 Å². The lowest BCUT2D eigenvalue weighted by atomic mass is 9.89. The van der Waals surface area contributed by atoms with Crippen LogP contribution in [0.2, 0.25) is 0 Å². The number of aromatic amines is 1. The first-order valence-electron chi connectivity index (χ1n) is 9.98. The highest BCUT2D eigenvalue weighted by atomic mass is 32.1.